The molecule has 0 amide bonds. The van der Waals surface area contributed by atoms with E-state index < -0.39 is 7.60 Å². The number of aromatic nitrogens is 2. The summed E-state index contributed by atoms with van der Waals surface area (Å²) >= 11 is 0. The summed E-state index contributed by atoms with van der Waals surface area (Å²) in [5, 5.41) is 13.6. The van der Waals surface area contributed by atoms with Crippen LogP contribution in [-0.4, -0.2) is 29.4 Å². The van der Waals surface area contributed by atoms with E-state index in [1.54, 1.807) is 36.4 Å². The molecule has 0 bridgehead atoms. The van der Waals surface area contributed by atoms with Crippen LogP contribution in [0.15, 0.2) is 47.0 Å². The Hall–Kier alpha value is -3.73. The number of fused-ring (bicyclic) bond motifs is 1. The zero-order chi connectivity index (χ0) is 23.6. The molecule has 0 saturated heterocycles. The molecule has 2 aromatic carbocycles. The van der Waals surface area contributed by atoms with Crippen molar-refractivity contribution < 1.29 is 27.7 Å². The van der Waals surface area contributed by atoms with Crippen molar-refractivity contribution in [1.82, 2.24) is 10.1 Å². The molecule has 1 atom stereocenters. The van der Waals surface area contributed by atoms with Crippen LogP contribution in [0.5, 0.6) is 5.75 Å². The summed E-state index contributed by atoms with van der Waals surface area (Å²) in [6.07, 6.45) is 2.12. The van der Waals surface area contributed by atoms with Gasteiger partial charge in [0, 0.05) is 23.8 Å². The predicted octanol–water partition coefficient (Wildman–Crippen LogP) is 5.01. The lowest BCUT2D eigenvalue weighted by molar-refractivity contribution is 0.241. The van der Waals surface area contributed by atoms with Gasteiger partial charge in [-0.1, -0.05) is 23.4 Å². The third kappa shape index (κ3) is 4.44. The van der Waals surface area contributed by atoms with Crippen molar-refractivity contribution in [3.63, 3.8) is 0 Å². The second-order valence-corrected chi connectivity index (χ2v) is 9.27. The molecule has 3 aromatic rings. The molecule has 168 valence electrons. The molecule has 1 aromatic heterocycles. The van der Waals surface area contributed by atoms with Gasteiger partial charge in [0.05, 0.1) is 11.7 Å². The second-order valence-electron chi connectivity index (χ2n) is 7.44. The third-order valence-corrected chi connectivity index (χ3v) is 6.14. The molecule has 0 N–H and O–H groups in total. The Balaban J connectivity index is 1.64. The predicted molar refractivity (Wildman–Crippen MR) is 120 cm³/mol. The lowest BCUT2D eigenvalue weighted by Gasteiger charge is -2.13. The Kier molecular flexibility index (Phi) is 6.14. The number of carbonyl (C=O) groups excluding carboxylic acids is 1. The Morgan fingerprint density at radius 2 is 2.03 bits per heavy atom. The van der Waals surface area contributed by atoms with Crippen LogP contribution in [0.1, 0.15) is 30.5 Å². The van der Waals surface area contributed by atoms with E-state index in [0.717, 1.165) is 12.7 Å². The molecule has 33 heavy (non-hydrogen) atoms. The van der Waals surface area contributed by atoms with Crippen molar-refractivity contribution in [1.29, 1.82) is 5.26 Å². The molecule has 1 heterocycles. The van der Waals surface area contributed by atoms with Gasteiger partial charge < -0.3 is 13.8 Å². The van der Waals surface area contributed by atoms with Crippen LogP contribution in [-0.2, 0) is 24.8 Å². The maximum atomic E-state index is 12.2. The van der Waals surface area contributed by atoms with Crippen LogP contribution in [0.25, 0.3) is 28.6 Å². The number of nitrogens with zero attached hydrogens (tertiary/aromatic N) is 3. The first-order valence-electron chi connectivity index (χ1n) is 10.1. The fourth-order valence-electron chi connectivity index (χ4n) is 3.43. The standard InChI is InChI=1S/C23H20N3O6P/c1-14(2)30-20-9-7-15(11-16(20)12-24)23-25-22(26-31-23)19-6-4-5-18-17(19)8-10-21(18)32-33(28,13-27)29-3/h4-7,9-11,13-14H,8H2,1-3H3. The molecular formula is C23H20N3O6P. The minimum Gasteiger partial charge on any atom is -0.490 e. The summed E-state index contributed by atoms with van der Waals surface area (Å²) < 4.78 is 33.5. The first-order valence-corrected chi connectivity index (χ1v) is 11.7. The molecular weight excluding hydrogens is 445 g/mol. The van der Waals surface area contributed by atoms with Crippen LogP contribution >= 0.6 is 7.60 Å². The monoisotopic (exact) mass is 465 g/mol. The smallest absolute Gasteiger partial charge is 0.442 e. The van der Waals surface area contributed by atoms with Crippen LogP contribution in [0.2, 0.25) is 0 Å². The van der Waals surface area contributed by atoms with E-state index in [1.165, 1.54) is 0 Å². The fraction of sp³-hybridized carbons (Fsp3) is 0.217. The summed E-state index contributed by atoms with van der Waals surface area (Å²) in [5.41, 5.74) is 3.16. The highest BCUT2D eigenvalue weighted by Crippen LogP contribution is 2.50. The quantitative estimate of drug-likeness (QED) is 0.333. The third-order valence-electron chi connectivity index (χ3n) is 4.92. The SMILES string of the molecule is COP(=O)(C=O)OC1=CCc2c1cccc2-c1noc(-c2ccc(OC(C)C)c(C#N)c2)n1. The molecule has 1 unspecified atom stereocenters. The summed E-state index contributed by atoms with van der Waals surface area (Å²) in [6, 6.07) is 12.8. The minimum atomic E-state index is -3.87. The van der Waals surface area contributed by atoms with Gasteiger partial charge in [0.1, 0.15) is 17.6 Å². The van der Waals surface area contributed by atoms with Crippen molar-refractivity contribution in [2.24, 2.45) is 0 Å². The van der Waals surface area contributed by atoms with Gasteiger partial charge in [0.2, 0.25) is 11.9 Å². The Morgan fingerprint density at radius 3 is 2.73 bits per heavy atom. The highest BCUT2D eigenvalue weighted by atomic mass is 31.2. The van der Waals surface area contributed by atoms with Gasteiger partial charge in [0.25, 0.3) is 5.89 Å². The largest absolute Gasteiger partial charge is 0.490 e. The average molecular weight is 465 g/mol. The summed E-state index contributed by atoms with van der Waals surface area (Å²) in [4.78, 5) is 15.6. The van der Waals surface area contributed by atoms with Crippen molar-refractivity contribution in [2.45, 2.75) is 26.4 Å². The maximum Gasteiger partial charge on any atom is 0.442 e. The van der Waals surface area contributed by atoms with E-state index in [2.05, 4.69) is 16.2 Å². The molecule has 0 radical (unpaired) electrons. The normalized spacial score (nSPS) is 14.2. The fourth-order valence-corrected chi connectivity index (χ4v) is 4.09. The number of rotatable bonds is 8. The molecule has 1 aliphatic carbocycles. The van der Waals surface area contributed by atoms with Crippen LogP contribution in [0.3, 0.4) is 0 Å². The molecule has 1 aliphatic rings. The van der Waals surface area contributed by atoms with Gasteiger partial charge in [-0.25, -0.2) is 4.57 Å². The summed E-state index contributed by atoms with van der Waals surface area (Å²) in [5.74, 6) is 1.39. The molecule has 10 heteroatoms. The number of benzene rings is 2. The van der Waals surface area contributed by atoms with Gasteiger partial charge in [-0.2, -0.15) is 10.2 Å². The first kappa shape index (κ1) is 22.5. The lowest BCUT2D eigenvalue weighted by Crippen LogP contribution is -2.06. The van der Waals surface area contributed by atoms with E-state index in [4.69, 9.17) is 18.3 Å². The van der Waals surface area contributed by atoms with Gasteiger partial charge in [0.15, 0.2) is 0 Å². The van der Waals surface area contributed by atoms with E-state index in [-0.39, 0.29) is 18.0 Å². The van der Waals surface area contributed by atoms with Crippen LogP contribution in [0.4, 0.5) is 0 Å². The topological polar surface area (TPSA) is 125 Å². The Bertz CT molecular complexity index is 1340. The molecule has 9 nitrogen and oxygen atoms in total. The maximum absolute atomic E-state index is 12.2. The summed E-state index contributed by atoms with van der Waals surface area (Å²) in [6.45, 7) is 3.77. The first-order chi connectivity index (χ1) is 15.9. The summed E-state index contributed by atoms with van der Waals surface area (Å²) in [7, 11) is -2.71. The molecule has 0 spiro atoms. The van der Waals surface area contributed by atoms with Crippen molar-refractivity contribution in [2.75, 3.05) is 7.11 Å². The molecule has 0 aliphatic heterocycles. The number of allylic oxidation sites excluding steroid dienone is 1. The van der Waals surface area contributed by atoms with E-state index in [9.17, 15) is 14.6 Å². The van der Waals surface area contributed by atoms with E-state index in [0.29, 0.717) is 46.0 Å². The van der Waals surface area contributed by atoms with E-state index >= 15 is 0 Å². The van der Waals surface area contributed by atoms with Gasteiger partial charge >= 0.3 is 7.60 Å². The van der Waals surface area contributed by atoms with Gasteiger partial charge in [-0.05, 0) is 50.1 Å². The number of hydrogen-bond donors (Lipinski definition) is 0. The molecule has 0 saturated carbocycles. The number of ether oxygens (including phenoxy) is 1. The highest BCUT2D eigenvalue weighted by molar-refractivity contribution is 7.69. The van der Waals surface area contributed by atoms with Crippen LogP contribution < -0.4 is 4.74 Å². The average Bonchev–Trinajstić information content (AvgIpc) is 3.46. The number of hydrogen-bond acceptors (Lipinski definition) is 9. The Labute approximate surface area is 190 Å². The zero-order valence-electron chi connectivity index (χ0n) is 18.1. The van der Waals surface area contributed by atoms with Gasteiger partial charge in [-0.3, -0.25) is 9.32 Å². The van der Waals surface area contributed by atoms with Crippen molar-refractivity contribution in [3.8, 4) is 34.7 Å². The highest BCUT2D eigenvalue weighted by Gasteiger charge is 2.29. The minimum absolute atomic E-state index is 0.0649. The lowest BCUT2D eigenvalue weighted by atomic mass is 10.0. The van der Waals surface area contributed by atoms with Gasteiger partial charge in [-0.15, -0.1) is 0 Å². The molecule has 4 rings (SSSR count). The van der Waals surface area contributed by atoms with Crippen molar-refractivity contribution >= 4 is 19.4 Å². The Morgan fingerprint density at radius 1 is 1.24 bits per heavy atom. The number of nitriles is 1. The zero-order valence-corrected chi connectivity index (χ0v) is 19.0. The second kappa shape index (κ2) is 9.02. The van der Waals surface area contributed by atoms with E-state index in [1.807, 2.05) is 19.9 Å². The van der Waals surface area contributed by atoms with Crippen LogP contribution in [0, 0.1) is 11.3 Å². The number of carbonyl (C=O) groups is 1. The van der Waals surface area contributed by atoms with Crippen molar-refractivity contribution in [3.05, 3.63) is 59.2 Å². The molecule has 0 fully saturated rings.